The fourth-order valence-corrected chi connectivity index (χ4v) is 2.43. The van der Waals surface area contributed by atoms with E-state index in [2.05, 4.69) is 0 Å². The van der Waals surface area contributed by atoms with E-state index in [1.807, 2.05) is 0 Å². The lowest BCUT2D eigenvalue weighted by atomic mass is 10.1. The van der Waals surface area contributed by atoms with E-state index in [-0.39, 0.29) is 11.3 Å². The Kier molecular flexibility index (Phi) is 7.11. The fourth-order valence-electron chi connectivity index (χ4n) is 2.43. The lowest BCUT2D eigenvalue weighted by molar-refractivity contribution is -0.137. The monoisotopic (exact) mass is 402 g/mol. The van der Waals surface area contributed by atoms with Crippen LogP contribution in [-0.2, 0) is 14.4 Å². The van der Waals surface area contributed by atoms with Gasteiger partial charge in [-0.2, -0.15) is 0 Å². The first-order valence-corrected chi connectivity index (χ1v) is 9.10. The molecule has 0 aromatic heterocycles. The van der Waals surface area contributed by atoms with Crippen LogP contribution < -0.4 is 14.2 Å². The molecule has 0 N–H and O–H groups in total. The third-order valence-electron chi connectivity index (χ3n) is 3.78. The Labute approximate surface area is 173 Å². The van der Waals surface area contributed by atoms with Crippen LogP contribution in [0, 0.1) is 0 Å². The van der Waals surface area contributed by atoms with Gasteiger partial charge in [0, 0.05) is 6.08 Å². The van der Waals surface area contributed by atoms with Crippen LogP contribution in [0.15, 0.2) is 103 Å². The molecule has 0 saturated carbocycles. The van der Waals surface area contributed by atoms with Crippen molar-refractivity contribution in [2.24, 2.45) is 0 Å². The first-order chi connectivity index (χ1) is 14.6. The molecule has 3 aromatic rings. The van der Waals surface area contributed by atoms with E-state index in [1.54, 1.807) is 91.0 Å². The number of hydrogen-bond donors (Lipinski definition) is 0. The largest absolute Gasteiger partial charge is 0.426 e. The molecule has 0 aliphatic heterocycles. The van der Waals surface area contributed by atoms with Crippen LogP contribution in [0.2, 0.25) is 0 Å². The lowest BCUT2D eigenvalue weighted by Gasteiger charge is -2.09. The van der Waals surface area contributed by atoms with Gasteiger partial charge in [0.05, 0.1) is 12.0 Å². The molecular formula is C24H18O6. The summed E-state index contributed by atoms with van der Waals surface area (Å²) in [4.78, 5) is 37.1. The molecule has 0 atom stereocenters. The zero-order chi connectivity index (χ0) is 21.2. The molecule has 3 aromatic carbocycles. The Morgan fingerprint density at radius 2 is 1.03 bits per heavy atom. The maximum Gasteiger partial charge on any atom is 0.340 e. The van der Waals surface area contributed by atoms with Crippen molar-refractivity contribution >= 4 is 17.9 Å². The highest BCUT2D eigenvalue weighted by atomic mass is 16.5. The molecule has 0 amide bonds. The van der Waals surface area contributed by atoms with E-state index in [0.29, 0.717) is 11.5 Å². The minimum atomic E-state index is -0.851. The van der Waals surface area contributed by atoms with Gasteiger partial charge in [-0.25, -0.2) is 9.59 Å². The molecule has 0 heterocycles. The predicted molar refractivity (Wildman–Crippen MR) is 109 cm³/mol. The zero-order valence-electron chi connectivity index (χ0n) is 15.9. The van der Waals surface area contributed by atoms with Gasteiger partial charge in [0.15, 0.2) is 0 Å². The molecule has 3 rings (SSSR count). The summed E-state index contributed by atoms with van der Waals surface area (Å²) in [5, 5.41) is 0. The quantitative estimate of drug-likeness (QED) is 0.336. The van der Waals surface area contributed by atoms with Gasteiger partial charge in [-0.15, -0.1) is 0 Å². The second-order valence-electron chi connectivity index (χ2n) is 6.07. The third-order valence-corrected chi connectivity index (χ3v) is 3.78. The molecular weight excluding hydrogens is 384 g/mol. The predicted octanol–water partition coefficient (Wildman–Crippen LogP) is 4.12. The maximum absolute atomic E-state index is 12.6. The van der Waals surface area contributed by atoms with Crippen LogP contribution in [0.25, 0.3) is 0 Å². The number of para-hydroxylation sites is 3. The summed E-state index contributed by atoms with van der Waals surface area (Å²) in [5.41, 5.74) is -0.194. The van der Waals surface area contributed by atoms with Crippen molar-refractivity contribution in [2.45, 2.75) is 6.42 Å². The summed E-state index contributed by atoms with van der Waals surface area (Å²) in [5.74, 6) is -1.47. The van der Waals surface area contributed by atoms with Crippen molar-refractivity contribution in [3.8, 4) is 17.2 Å². The van der Waals surface area contributed by atoms with Crippen LogP contribution in [0.3, 0.4) is 0 Å². The molecule has 6 heteroatoms. The molecule has 0 radical (unpaired) electrons. The van der Waals surface area contributed by atoms with Gasteiger partial charge >= 0.3 is 17.9 Å². The molecule has 150 valence electrons. The first kappa shape index (κ1) is 20.5. The topological polar surface area (TPSA) is 78.9 Å². The molecule has 0 fully saturated rings. The second-order valence-corrected chi connectivity index (χ2v) is 6.07. The third kappa shape index (κ3) is 6.45. The highest BCUT2D eigenvalue weighted by molar-refractivity contribution is 6.01. The van der Waals surface area contributed by atoms with Gasteiger partial charge in [-0.1, -0.05) is 54.6 Å². The Bertz CT molecular complexity index is 1030. The van der Waals surface area contributed by atoms with Crippen molar-refractivity contribution in [3.05, 3.63) is 103 Å². The molecule has 0 saturated heterocycles. The van der Waals surface area contributed by atoms with E-state index in [0.717, 1.165) is 6.08 Å². The number of carbonyl (C=O) groups excluding carboxylic acids is 3. The number of carbonyl (C=O) groups is 3. The number of esters is 3. The number of benzene rings is 3. The summed E-state index contributed by atoms with van der Waals surface area (Å²) >= 11 is 0. The van der Waals surface area contributed by atoms with Crippen molar-refractivity contribution in [1.82, 2.24) is 0 Å². The van der Waals surface area contributed by atoms with Crippen LogP contribution in [0.5, 0.6) is 17.2 Å². The summed E-state index contributed by atoms with van der Waals surface area (Å²) in [7, 11) is 0. The van der Waals surface area contributed by atoms with Crippen molar-refractivity contribution < 1.29 is 28.6 Å². The van der Waals surface area contributed by atoms with E-state index in [9.17, 15) is 14.4 Å². The average molecular weight is 402 g/mol. The summed E-state index contributed by atoms with van der Waals surface area (Å²) in [6, 6.07) is 25.1. The molecule has 6 nitrogen and oxygen atoms in total. The fraction of sp³-hybridized carbons (Fsp3) is 0.0417. The first-order valence-electron chi connectivity index (χ1n) is 9.10. The van der Waals surface area contributed by atoms with Crippen LogP contribution in [-0.4, -0.2) is 17.9 Å². The Morgan fingerprint density at radius 1 is 0.600 bits per heavy atom. The van der Waals surface area contributed by atoms with Gasteiger partial charge in [0.1, 0.15) is 17.2 Å². The van der Waals surface area contributed by atoms with Gasteiger partial charge < -0.3 is 14.2 Å². The zero-order valence-corrected chi connectivity index (χ0v) is 15.9. The SMILES string of the molecule is O=C(C=C(CC(=O)Oc1ccccc1)C(=O)Oc1ccccc1)Oc1ccccc1. The Hall–Kier alpha value is -4.19. The molecule has 0 aliphatic carbocycles. The molecule has 0 aliphatic rings. The van der Waals surface area contributed by atoms with E-state index in [4.69, 9.17) is 14.2 Å². The molecule has 0 bridgehead atoms. The smallest absolute Gasteiger partial charge is 0.340 e. The average Bonchev–Trinajstić information content (AvgIpc) is 2.75. The highest BCUT2D eigenvalue weighted by Crippen LogP contribution is 2.16. The number of ether oxygens (including phenoxy) is 3. The Balaban J connectivity index is 1.75. The molecule has 0 spiro atoms. The second kappa shape index (κ2) is 10.4. The number of hydrogen-bond acceptors (Lipinski definition) is 6. The normalized spacial score (nSPS) is 10.7. The van der Waals surface area contributed by atoms with Gasteiger partial charge in [-0.05, 0) is 36.4 Å². The summed E-state index contributed by atoms with van der Waals surface area (Å²) in [6.07, 6.45) is 0.467. The van der Waals surface area contributed by atoms with Crippen LogP contribution in [0.4, 0.5) is 0 Å². The van der Waals surface area contributed by atoms with Gasteiger partial charge in [0.2, 0.25) is 0 Å². The minimum absolute atomic E-state index is 0.194. The van der Waals surface area contributed by atoms with Crippen LogP contribution in [0.1, 0.15) is 6.42 Å². The molecule has 30 heavy (non-hydrogen) atoms. The van der Waals surface area contributed by atoms with E-state index < -0.39 is 24.3 Å². The Morgan fingerprint density at radius 3 is 1.53 bits per heavy atom. The van der Waals surface area contributed by atoms with Gasteiger partial charge in [-0.3, -0.25) is 4.79 Å². The standard InChI is InChI=1S/C24H18O6/c25-22(28-19-10-4-1-5-11-19)16-18(24(27)30-21-14-8-3-9-15-21)17-23(26)29-20-12-6-2-7-13-20/h1-16H,17H2. The van der Waals surface area contributed by atoms with Crippen LogP contribution >= 0.6 is 0 Å². The minimum Gasteiger partial charge on any atom is -0.426 e. The van der Waals surface area contributed by atoms with E-state index in [1.165, 1.54) is 0 Å². The highest BCUT2D eigenvalue weighted by Gasteiger charge is 2.20. The van der Waals surface area contributed by atoms with Crippen molar-refractivity contribution in [3.63, 3.8) is 0 Å². The lowest BCUT2D eigenvalue weighted by Crippen LogP contribution is -2.19. The summed E-state index contributed by atoms with van der Waals surface area (Å²) in [6.45, 7) is 0. The van der Waals surface area contributed by atoms with E-state index >= 15 is 0 Å². The maximum atomic E-state index is 12.6. The van der Waals surface area contributed by atoms with Gasteiger partial charge in [0.25, 0.3) is 0 Å². The number of rotatable bonds is 7. The molecule has 0 unspecified atom stereocenters. The van der Waals surface area contributed by atoms with Crippen molar-refractivity contribution in [2.75, 3.05) is 0 Å². The van der Waals surface area contributed by atoms with Crippen molar-refractivity contribution in [1.29, 1.82) is 0 Å². The summed E-state index contributed by atoms with van der Waals surface area (Å²) < 4.78 is 15.6.